The van der Waals surface area contributed by atoms with Crippen LogP contribution in [-0.2, 0) is 0 Å². The molecule has 112 valence electrons. The Kier molecular flexibility index (Phi) is 7.02. The Morgan fingerprint density at radius 1 is 1.33 bits per heavy atom. The average Bonchev–Trinajstić information content (AvgIpc) is 2.90. The summed E-state index contributed by atoms with van der Waals surface area (Å²) in [5.74, 6) is 0.187. The standard InChI is InChI=1S/C14H15NO2.C4H8/c1-3-5-10(6-4-2)14-12-8-7-11(16)9-13(12)17-15-14;1-3-4-2/h3,5-9,16H,4H2,1-2H3;3H,1,4H2,2H3/b5-3-,10-6+;. The number of benzene rings is 1. The summed E-state index contributed by atoms with van der Waals surface area (Å²) in [6.45, 7) is 9.59. The zero-order valence-electron chi connectivity index (χ0n) is 13.0. The van der Waals surface area contributed by atoms with Crippen molar-refractivity contribution in [2.24, 2.45) is 0 Å². The van der Waals surface area contributed by atoms with Gasteiger partial charge in [0.05, 0.1) is 0 Å². The number of rotatable bonds is 4. The van der Waals surface area contributed by atoms with Gasteiger partial charge in [-0.1, -0.05) is 43.3 Å². The Labute approximate surface area is 126 Å². The first kappa shape index (κ1) is 16.8. The first-order chi connectivity index (χ1) is 10.2. The van der Waals surface area contributed by atoms with Crippen molar-refractivity contribution in [2.45, 2.75) is 33.6 Å². The second-order valence-corrected chi connectivity index (χ2v) is 4.48. The predicted octanol–water partition coefficient (Wildman–Crippen LogP) is 5.49. The van der Waals surface area contributed by atoms with E-state index >= 15 is 0 Å². The van der Waals surface area contributed by atoms with Gasteiger partial charge in [0, 0.05) is 11.5 Å². The van der Waals surface area contributed by atoms with E-state index in [1.807, 2.05) is 31.2 Å². The summed E-state index contributed by atoms with van der Waals surface area (Å²) in [6, 6.07) is 5.04. The lowest BCUT2D eigenvalue weighted by atomic mass is 10.1. The van der Waals surface area contributed by atoms with Crippen molar-refractivity contribution in [3.63, 3.8) is 0 Å². The molecule has 0 unspecified atom stereocenters. The molecule has 21 heavy (non-hydrogen) atoms. The van der Waals surface area contributed by atoms with Gasteiger partial charge in [0.25, 0.3) is 0 Å². The molecule has 0 fully saturated rings. The van der Waals surface area contributed by atoms with E-state index in [2.05, 4.69) is 31.7 Å². The molecule has 1 aromatic carbocycles. The van der Waals surface area contributed by atoms with Crippen LogP contribution in [0.1, 0.15) is 39.3 Å². The van der Waals surface area contributed by atoms with Crippen molar-refractivity contribution in [3.05, 3.63) is 54.8 Å². The Bertz CT molecular complexity index is 636. The molecule has 0 spiro atoms. The van der Waals surface area contributed by atoms with E-state index in [0.29, 0.717) is 5.58 Å². The largest absolute Gasteiger partial charge is 0.508 e. The molecule has 0 radical (unpaired) electrons. The Hall–Kier alpha value is -2.29. The Morgan fingerprint density at radius 3 is 2.62 bits per heavy atom. The van der Waals surface area contributed by atoms with Crippen molar-refractivity contribution < 1.29 is 9.63 Å². The topological polar surface area (TPSA) is 46.3 Å². The van der Waals surface area contributed by atoms with Crippen LogP contribution in [0.2, 0.25) is 0 Å². The van der Waals surface area contributed by atoms with E-state index in [4.69, 9.17) is 4.52 Å². The monoisotopic (exact) mass is 285 g/mol. The van der Waals surface area contributed by atoms with Gasteiger partial charge in [0.2, 0.25) is 0 Å². The fraction of sp³-hybridized carbons (Fsp3) is 0.278. The van der Waals surface area contributed by atoms with Crippen LogP contribution in [0, 0.1) is 0 Å². The lowest BCUT2D eigenvalue weighted by Gasteiger charge is -1.97. The van der Waals surface area contributed by atoms with E-state index in [-0.39, 0.29) is 5.75 Å². The van der Waals surface area contributed by atoms with Crippen LogP contribution in [-0.4, -0.2) is 10.3 Å². The second kappa shape index (κ2) is 8.80. The smallest absolute Gasteiger partial charge is 0.171 e. The predicted molar refractivity (Wildman–Crippen MR) is 89.2 cm³/mol. The van der Waals surface area contributed by atoms with E-state index < -0.39 is 0 Å². The number of nitrogens with zero attached hydrogens (tertiary/aromatic N) is 1. The van der Waals surface area contributed by atoms with Gasteiger partial charge in [0.1, 0.15) is 11.4 Å². The zero-order chi connectivity index (χ0) is 15.7. The lowest BCUT2D eigenvalue weighted by molar-refractivity contribution is 0.447. The third kappa shape index (κ3) is 4.63. The van der Waals surface area contributed by atoms with E-state index in [0.717, 1.165) is 29.5 Å². The van der Waals surface area contributed by atoms with Gasteiger partial charge in [-0.2, -0.15) is 0 Å². The van der Waals surface area contributed by atoms with Crippen LogP contribution in [0.3, 0.4) is 0 Å². The van der Waals surface area contributed by atoms with Crippen LogP contribution >= 0.6 is 0 Å². The molecule has 2 aromatic rings. The molecule has 3 nitrogen and oxygen atoms in total. The van der Waals surface area contributed by atoms with Crippen LogP contribution in [0.5, 0.6) is 5.75 Å². The molecule has 2 rings (SSSR count). The van der Waals surface area contributed by atoms with Gasteiger partial charge < -0.3 is 9.63 Å². The fourth-order valence-corrected chi connectivity index (χ4v) is 1.78. The zero-order valence-corrected chi connectivity index (χ0v) is 13.0. The molecular weight excluding hydrogens is 262 g/mol. The van der Waals surface area contributed by atoms with Crippen molar-refractivity contribution in [1.82, 2.24) is 5.16 Å². The number of phenols is 1. The summed E-state index contributed by atoms with van der Waals surface area (Å²) in [4.78, 5) is 0. The highest BCUT2D eigenvalue weighted by Crippen LogP contribution is 2.28. The van der Waals surface area contributed by atoms with Crippen LogP contribution in [0.15, 0.2) is 53.6 Å². The fourth-order valence-electron chi connectivity index (χ4n) is 1.78. The average molecular weight is 285 g/mol. The molecule has 0 atom stereocenters. The lowest BCUT2D eigenvalue weighted by Crippen LogP contribution is -1.81. The maximum absolute atomic E-state index is 9.37. The molecule has 0 aliphatic carbocycles. The summed E-state index contributed by atoms with van der Waals surface area (Å²) < 4.78 is 5.22. The maximum Gasteiger partial charge on any atom is 0.171 e. The van der Waals surface area contributed by atoms with Crippen molar-refractivity contribution >= 4 is 16.5 Å². The highest BCUT2D eigenvalue weighted by atomic mass is 16.5. The minimum atomic E-state index is 0.187. The minimum Gasteiger partial charge on any atom is -0.508 e. The Morgan fingerprint density at radius 2 is 2.05 bits per heavy atom. The van der Waals surface area contributed by atoms with E-state index in [1.165, 1.54) is 0 Å². The van der Waals surface area contributed by atoms with Gasteiger partial charge in [-0.25, -0.2) is 0 Å². The summed E-state index contributed by atoms with van der Waals surface area (Å²) in [6.07, 6.45) is 9.98. The van der Waals surface area contributed by atoms with Gasteiger partial charge in [-0.3, -0.25) is 0 Å². The molecule has 0 aliphatic heterocycles. The molecule has 0 bridgehead atoms. The van der Waals surface area contributed by atoms with Crippen molar-refractivity contribution in [2.75, 3.05) is 0 Å². The van der Waals surface area contributed by atoms with Crippen LogP contribution in [0.4, 0.5) is 0 Å². The highest BCUT2D eigenvalue weighted by Gasteiger charge is 2.10. The van der Waals surface area contributed by atoms with Gasteiger partial charge in [-0.05, 0) is 37.5 Å². The highest BCUT2D eigenvalue weighted by molar-refractivity contribution is 5.92. The first-order valence-electron chi connectivity index (χ1n) is 7.20. The van der Waals surface area contributed by atoms with E-state index in [9.17, 15) is 5.11 Å². The summed E-state index contributed by atoms with van der Waals surface area (Å²) in [5.41, 5.74) is 2.46. The molecule has 0 aliphatic rings. The summed E-state index contributed by atoms with van der Waals surface area (Å²) in [7, 11) is 0. The van der Waals surface area contributed by atoms with Gasteiger partial charge in [0.15, 0.2) is 5.58 Å². The molecule has 1 N–H and O–H groups in total. The second-order valence-electron chi connectivity index (χ2n) is 4.48. The number of hydrogen-bond donors (Lipinski definition) is 1. The number of aromatic nitrogens is 1. The maximum atomic E-state index is 9.37. The van der Waals surface area contributed by atoms with Gasteiger partial charge in [-0.15, -0.1) is 6.58 Å². The molecule has 0 saturated heterocycles. The SMILES string of the molecule is C/C=C\C(=C/CC)c1noc2cc(O)ccc12.C=CCC. The number of allylic oxidation sites excluding steroid dienone is 5. The van der Waals surface area contributed by atoms with Crippen LogP contribution in [0.25, 0.3) is 16.5 Å². The number of aromatic hydroxyl groups is 1. The van der Waals surface area contributed by atoms with Gasteiger partial charge >= 0.3 is 0 Å². The number of hydrogen-bond acceptors (Lipinski definition) is 3. The Balaban J connectivity index is 0.000000491. The first-order valence-corrected chi connectivity index (χ1v) is 7.20. The normalized spacial score (nSPS) is 11.5. The third-order valence-electron chi connectivity index (χ3n) is 2.79. The number of fused-ring (bicyclic) bond motifs is 1. The molecule has 0 amide bonds. The molecular formula is C18H23NO2. The number of phenolic OH excluding ortho intramolecular Hbond substituents is 1. The third-order valence-corrected chi connectivity index (χ3v) is 2.79. The molecule has 1 heterocycles. The molecule has 0 saturated carbocycles. The summed E-state index contributed by atoms with van der Waals surface area (Å²) >= 11 is 0. The molecule has 1 aromatic heterocycles. The van der Waals surface area contributed by atoms with Crippen molar-refractivity contribution in [3.8, 4) is 5.75 Å². The minimum absolute atomic E-state index is 0.187. The van der Waals surface area contributed by atoms with Crippen LogP contribution < -0.4 is 0 Å². The van der Waals surface area contributed by atoms with E-state index in [1.54, 1.807) is 12.1 Å². The molecule has 3 heteroatoms. The quantitative estimate of drug-likeness (QED) is 0.597. The van der Waals surface area contributed by atoms with Crippen molar-refractivity contribution in [1.29, 1.82) is 0 Å². The summed E-state index contributed by atoms with van der Waals surface area (Å²) in [5, 5.41) is 14.4.